The average molecular weight is 445 g/mol. The molecule has 0 saturated heterocycles. The number of hydrogen-bond donors (Lipinski definition) is 5. The zero-order chi connectivity index (χ0) is 23.9. The highest BCUT2D eigenvalue weighted by atomic mass is 16.4. The lowest BCUT2D eigenvalue weighted by Crippen LogP contribution is -2.72. The summed E-state index contributed by atoms with van der Waals surface area (Å²) in [7, 11) is 0. The quantitative estimate of drug-likeness (QED) is 0.335. The standard InChI is InChI=1S/C21H19NO10/c1-5-6-2-3-7(20(30)31)14(24)11(6)16(26)13-10(5)15(25)8-4-9(23)12(19(22)29)17(27)21(8,32)18(13)28/h2-3,5,8,10,12-13,15,24-25,32H,4H2,1H3,(H2,22,29)(H,30,31)/t5-,8+,10+,12?,13?,15+,21+/m0/s1. The molecular weight excluding hydrogens is 426 g/mol. The Morgan fingerprint density at radius 3 is 2.31 bits per heavy atom. The first-order valence-electron chi connectivity index (χ1n) is 9.80. The van der Waals surface area contributed by atoms with Gasteiger partial charge in [0, 0.05) is 18.3 Å². The number of aromatic hydroxyl groups is 1. The van der Waals surface area contributed by atoms with Crippen molar-refractivity contribution in [1.82, 2.24) is 0 Å². The van der Waals surface area contributed by atoms with E-state index < -0.39 is 99.6 Å². The van der Waals surface area contributed by atoms with Crippen molar-refractivity contribution in [3.8, 4) is 5.75 Å². The van der Waals surface area contributed by atoms with Crippen LogP contribution in [-0.4, -0.2) is 67.1 Å². The molecule has 11 heteroatoms. The second-order valence-corrected chi connectivity index (χ2v) is 8.54. The van der Waals surface area contributed by atoms with E-state index in [1.165, 1.54) is 13.0 Å². The van der Waals surface area contributed by atoms with Crippen LogP contribution in [0.15, 0.2) is 12.1 Å². The monoisotopic (exact) mass is 445 g/mol. The number of aromatic carboxylic acids is 1. The second-order valence-electron chi connectivity index (χ2n) is 8.54. The Hall–Kier alpha value is -3.44. The molecule has 3 aliphatic rings. The van der Waals surface area contributed by atoms with Crippen LogP contribution in [0, 0.1) is 23.7 Å². The van der Waals surface area contributed by atoms with Crippen LogP contribution in [0.25, 0.3) is 0 Å². The number of aliphatic hydroxyl groups excluding tert-OH is 1. The number of Topliss-reactive ketones (excluding diaryl/α,β-unsaturated/α-hetero) is 4. The van der Waals surface area contributed by atoms with Gasteiger partial charge in [0.05, 0.1) is 17.6 Å². The number of primary amides is 1. The average Bonchev–Trinajstić information content (AvgIpc) is 2.70. The molecule has 0 spiro atoms. The predicted octanol–water partition coefficient (Wildman–Crippen LogP) is -1.44. The number of rotatable bonds is 2. The van der Waals surface area contributed by atoms with Crippen molar-refractivity contribution in [3.05, 3.63) is 28.8 Å². The first-order valence-corrected chi connectivity index (χ1v) is 9.80. The fourth-order valence-corrected chi connectivity index (χ4v) is 5.53. The van der Waals surface area contributed by atoms with Crippen molar-refractivity contribution < 1.29 is 49.2 Å². The number of carbonyl (C=O) groups is 6. The molecule has 0 heterocycles. The number of nitrogens with two attached hydrogens (primary N) is 1. The molecule has 2 unspecified atom stereocenters. The van der Waals surface area contributed by atoms with Crippen molar-refractivity contribution >= 4 is 35.0 Å². The summed E-state index contributed by atoms with van der Waals surface area (Å²) in [5.74, 6) is -16.0. The van der Waals surface area contributed by atoms with E-state index in [0.717, 1.165) is 6.07 Å². The lowest BCUT2D eigenvalue weighted by Gasteiger charge is -2.52. The normalized spacial score (nSPS) is 36.2. The Labute approximate surface area is 179 Å². The number of carbonyl (C=O) groups excluding carboxylic acids is 5. The van der Waals surface area contributed by atoms with Crippen LogP contribution >= 0.6 is 0 Å². The van der Waals surface area contributed by atoms with Crippen molar-refractivity contribution in [2.24, 2.45) is 29.4 Å². The van der Waals surface area contributed by atoms with Crippen molar-refractivity contribution in [1.29, 1.82) is 0 Å². The second kappa shape index (κ2) is 6.78. The van der Waals surface area contributed by atoms with E-state index in [2.05, 4.69) is 0 Å². The van der Waals surface area contributed by atoms with E-state index in [4.69, 9.17) is 5.73 Å². The molecule has 0 radical (unpaired) electrons. The number of ketones is 4. The van der Waals surface area contributed by atoms with Gasteiger partial charge in [-0.2, -0.15) is 0 Å². The molecule has 0 aromatic heterocycles. The van der Waals surface area contributed by atoms with Gasteiger partial charge >= 0.3 is 5.97 Å². The van der Waals surface area contributed by atoms with Gasteiger partial charge in [-0.05, 0) is 17.5 Å². The van der Waals surface area contributed by atoms with Crippen molar-refractivity contribution in [2.75, 3.05) is 0 Å². The lowest BCUT2D eigenvalue weighted by atomic mass is 9.50. The molecule has 32 heavy (non-hydrogen) atoms. The summed E-state index contributed by atoms with van der Waals surface area (Å²) in [5.41, 5.74) is 1.23. The summed E-state index contributed by atoms with van der Waals surface area (Å²) in [4.78, 5) is 74.9. The Balaban J connectivity index is 1.91. The molecule has 2 saturated carbocycles. The molecule has 3 aliphatic carbocycles. The highest BCUT2D eigenvalue weighted by molar-refractivity contribution is 6.31. The van der Waals surface area contributed by atoms with Gasteiger partial charge in [-0.1, -0.05) is 13.0 Å². The molecule has 0 bridgehead atoms. The van der Waals surface area contributed by atoms with Gasteiger partial charge < -0.3 is 26.2 Å². The van der Waals surface area contributed by atoms with Gasteiger partial charge in [0.1, 0.15) is 11.3 Å². The molecule has 7 atom stereocenters. The minimum atomic E-state index is -3.01. The summed E-state index contributed by atoms with van der Waals surface area (Å²) in [6.45, 7) is 1.53. The third kappa shape index (κ3) is 2.49. The van der Waals surface area contributed by atoms with Crippen molar-refractivity contribution in [2.45, 2.75) is 31.0 Å². The van der Waals surface area contributed by atoms with Gasteiger partial charge in [0.2, 0.25) is 5.91 Å². The topological polar surface area (TPSA) is 209 Å². The Morgan fingerprint density at radius 1 is 1.12 bits per heavy atom. The first-order chi connectivity index (χ1) is 14.8. The molecule has 168 valence electrons. The zero-order valence-electron chi connectivity index (χ0n) is 16.6. The number of benzene rings is 1. The van der Waals surface area contributed by atoms with Crippen LogP contribution in [0.2, 0.25) is 0 Å². The number of hydrogen-bond acceptors (Lipinski definition) is 9. The van der Waals surface area contributed by atoms with E-state index in [0.29, 0.717) is 0 Å². The van der Waals surface area contributed by atoms with E-state index in [1.807, 2.05) is 0 Å². The highest BCUT2D eigenvalue weighted by Gasteiger charge is 2.69. The summed E-state index contributed by atoms with van der Waals surface area (Å²) >= 11 is 0. The Morgan fingerprint density at radius 2 is 1.75 bits per heavy atom. The molecule has 2 fully saturated rings. The molecule has 1 amide bonds. The summed E-state index contributed by atoms with van der Waals surface area (Å²) in [5, 5.41) is 41.8. The Bertz CT molecular complexity index is 1140. The molecule has 0 aliphatic heterocycles. The van der Waals surface area contributed by atoms with Crippen molar-refractivity contribution in [3.63, 3.8) is 0 Å². The number of phenols is 1. The third-order valence-electron chi connectivity index (χ3n) is 7.09. The number of fused-ring (bicyclic) bond motifs is 3. The highest BCUT2D eigenvalue weighted by Crippen LogP contribution is 2.54. The van der Waals surface area contributed by atoms with Gasteiger partial charge in [-0.15, -0.1) is 0 Å². The molecule has 1 aromatic carbocycles. The predicted molar refractivity (Wildman–Crippen MR) is 102 cm³/mol. The zero-order valence-corrected chi connectivity index (χ0v) is 16.6. The van der Waals surface area contributed by atoms with Crippen LogP contribution in [0.1, 0.15) is 45.5 Å². The number of carboxylic acid groups (broad SMARTS) is 1. The molecule has 11 nitrogen and oxygen atoms in total. The third-order valence-corrected chi connectivity index (χ3v) is 7.09. The molecular formula is C21H19NO10. The smallest absolute Gasteiger partial charge is 0.339 e. The van der Waals surface area contributed by atoms with E-state index in [9.17, 15) is 49.2 Å². The molecule has 4 rings (SSSR count). The summed E-state index contributed by atoms with van der Waals surface area (Å²) < 4.78 is 0. The summed E-state index contributed by atoms with van der Waals surface area (Å²) in [6.07, 6.45) is -2.35. The number of amides is 1. The van der Waals surface area contributed by atoms with Gasteiger partial charge in [-0.25, -0.2) is 4.79 Å². The van der Waals surface area contributed by atoms with Gasteiger partial charge in [-0.3, -0.25) is 24.0 Å². The Kier molecular flexibility index (Phi) is 4.61. The van der Waals surface area contributed by atoms with Crippen LogP contribution < -0.4 is 5.73 Å². The maximum Gasteiger partial charge on any atom is 0.339 e. The fraction of sp³-hybridized carbons (Fsp3) is 0.429. The lowest BCUT2D eigenvalue weighted by molar-refractivity contribution is -0.189. The largest absolute Gasteiger partial charge is 0.506 e. The maximum atomic E-state index is 13.4. The minimum Gasteiger partial charge on any atom is -0.506 e. The number of aliphatic hydroxyl groups is 2. The van der Waals surface area contributed by atoms with Crippen LogP contribution in [0.5, 0.6) is 5.75 Å². The molecule has 1 aromatic rings. The summed E-state index contributed by atoms with van der Waals surface area (Å²) in [6, 6.07) is 2.37. The van der Waals surface area contributed by atoms with E-state index in [-0.39, 0.29) is 5.56 Å². The minimum absolute atomic E-state index is 0.180. The maximum absolute atomic E-state index is 13.4. The number of carboxylic acids is 1. The van der Waals surface area contributed by atoms with Gasteiger partial charge in [0.25, 0.3) is 0 Å². The first kappa shape index (κ1) is 21.8. The van der Waals surface area contributed by atoms with Gasteiger partial charge in [0.15, 0.2) is 34.7 Å². The van der Waals surface area contributed by atoms with E-state index in [1.54, 1.807) is 0 Å². The SMILES string of the molecule is C[C@H]1c2ccc(C(=O)O)c(O)c2C(=O)C2C(=O)[C@]3(O)C(=O)C(C(N)=O)C(=O)C[C@@H]3[C@@H](O)[C@@H]21. The van der Waals surface area contributed by atoms with Crippen LogP contribution in [-0.2, 0) is 19.2 Å². The van der Waals surface area contributed by atoms with Crippen LogP contribution in [0.3, 0.4) is 0 Å². The van der Waals surface area contributed by atoms with Crippen LogP contribution in [0.4, 0.5) is 0 Å². The fourth-order valence-electron chi connectivity index (χ4n) is 5.53. The molecule has 6 N–H and O–H groups in total. The van der Waals surface area contributed by atoms with E-state index >= 15 is 0 Å².